The van der Waals surface area contributed by atoms with Crippen molar-refractivity contribution in [3.05, 3.63) is 22.8 Å². The Morgan fingerprint density at radius 3 is 1.93 bits per heavy atom. The van der Waals surface area contributed by atoms with Crippen LogP contribution in [0, 0.1) is 5.92 Å². The van der Waals surface area contributed by atoms with Gasteiger partial charge in [0.1, 0.15) is 17.4 Å². The molecule has 1 amide bonds. The quantitative estimate of drug-likeness (QED) is 0.0821. The van der Waals surface area contributed by atoms with Gasteiger partial charge in [0, 0.05) is 44.1 Å². The summed E-state index contributed by atoms with van der Waals surface area (Å²) in [4.78, 5) is 24.8. The minimum atomic E-state index is -0.567. The molecule has 11 nitrogen and oxygen atoms in total. The molecule has 0 aliphatic carbocycles. The second-order valence-electron chi connectivity index (χ2n) is 18.3. The van der Waals surface area contributed by atoms with E-state index < -0.39 is 23.9 Å². The zero-order chi connectivity index (χ0) is 46.5. The minimum absolute atomic E-state index is 0.178. The zero-order valence-electron chi connectivity index (χ0n) is 41.6. The van der Waals surface area contributed by atoms with Crippen LogP contribution in [0.3, 0.4) is 0 Å². The van der Waals surface area contributed by atoms with Crippen LogP contribution in [0.4, 0.5) is 4.79 Å². The molecule has 3 rings (SSSR count). The van der Waals surface area contributed by atoms with Gasteiger partial charge in [-0.1, -0.05) is 72.9 Å². The zero-order valence-corrected chi connectivity index (χ0v) is 42.3. The number of halogens is 1. The number of carbonyl (C=O) groups is 2. The van der Waals surface area contributed by atoms with Gasteiger partial charge in [-0.15, -0.1) is 0 Å². The van der Waals surface area contributed by atoms with Crippen molar-refractivity contribution in [3.8, 4) is 0 Å². The lowest BCUT2D eigenvalue weighted by Crippen LogP contribution is -2.41. The van der Waals surface area contributed by atoms with Crippen LogP contribution in [0.1, 0.15) is 188 Å². The van der Waals surface area contributed by atoms with E-state index >= 15 is 0 Å². The molecule has 1 saturated heterocycles. The highest BCUT2D eigenvalue weighted by Crippen LogP contribution is 2.38. The fraction of sp³-hybridized carbons (Fsp3) is 0.809. The number of nitrogens with zero attached hydrogens (tertiary/aromatic N) is 3. The van der Waals surface area contributed by atoms with Gasteiger partial charge in [-0.05, 0) is 137 Å². The van der Waals surface area contributed by atoms with Gasteiger partial charge in [0.2, 0.25) is 0 Å². The van der Waals surface area contributed by atoms with Crippen LogP contribution < -0.4 is 5.46 Å². The number of ether oxygens (including phenoxy) is 4. The number of esters is 1. The number of methoxy groups -OCH3 is 1. The Morgan fingerprint density at radius 1 is 0.917 bits per heavy atom. The number of unbranched alkanes of at least 4 members (excludes halogenated alkanes) is 2. The molecule has 0 spiro atoms. The maximum Gasteiger partial charge on any atom is 0.495 e. The van der Waals surface area contributed by atoms with Crippen LogP contribution in [-0.4, -0.2) is 89.7 Å². The van der Waals surface area contributed by atoms with Crippen molar-refractivity contribution < 1.29 is 37.8 Å². The van der Waals surface area contributed by atoms with Crippen LogP contribution in [0.15, 0.2) is 12.3 Å². The summed E-state index contributed by atoms with van der Waals surface area (Å²) in [7, 11) is 1.16. The average Bonchev–Trinajstić information content (AvgIpc) is 3.63. The lowest BCUT2D eigenvalue weighted by molar-refractivity contribution is -0.151. The summed E-state index contributed by atoms with van der Waals surface area (Å²) < 4.78 is 37.6. The van der Waals surface area contributed by atoms with Gasteiger partial charge in [0.05, 0.1) is 29.5 Å². The maximum atomic E-state index is 12.8. The highest BCUT2D eigenvalue weighted by molar-refractivity contribution is 6.66. The number of fused-ring (bicyclic) bond motifs is 1. The fourth-order valence-electron chi connectivity index (χ4n) is 6.31. The monoisotopic (exact) mass is 868 g/mol. The van der Waals surface area contributed by atoms with Crippen LogP contribution >= 0.6 is 11.6 Å². The third-order valence-electron chi connectivity index (χ3n) is 9.81. The van der Waals surface area contributed by atoms with Crippen molar-refractivity contribution in [2.75, 3.05) is 33.4 Å². The second-order valence-corrected chi connectivity index (χ2v) is 18.7. The Hall–Kier alpha value is -2.38. The Labute approximate surface area is 371 Å². The maximum absolute atomic E-state index is 12.8. The summed E-state index contributed by atoms with van der Waals surface area (Å²) in [6.45, 7) is 38.1. The number of carbonyl (C=O) groups excluding carboxylic acids is 2. The van der Waals surface area contributed by atoms with E-state index in [2.05, 4.69) is 62.3 Å². The van der Waals surface area contributed by atoms with Crippen molar-refractivity contribution in [2.45, 2.75) is 211 Å². The first-order chi connectivity index (χ1) is 27.9. The van der Waals surface area contributed by atoms with Crippen molar-refractivity contribution in [2.24, 2.45) is 5.92 Å². The SMILES string of the molecule is CC.CC(=O)OC(C)(C)C.CCC.CCCCC(OC)n1ncc2c(B3OC(C)(C)C(C)(C)O3)c(CCCCOCC(CC)CN(CCC)C(=O)OC(C)(C)C)c(Cl)cc21. The van der Waals surface area contributed by atoms with Crippen molar-refractivity contribution in [1.82, 2.24) is 14.7 Å². The number of hydrogen-bond donors (Lipinski definition) is 0. The van der Waals surface area contributed by atoms with E-state index in [-0.39, 0.29) is 29.8 Å². The Morgan fingerprint density at radius 2 is 1.48 bits per heavy atom. The normalized spacial score (nSPS) is 15.4. The summed E-state index contributed by atoms with van der Waals surface area (Å²) in [5, 5.41) is 6.44. The first-order valence-electron chi connectivity index (χ1n) is 22.7. The molecule has 1 aromatic heterocycles. The van der Waals surface area contributed by atoms with Crippen molar-refractivity contribution in [1.29, 1.82) is 0 Å². The van der Waals surface area contributed by atoms with E-state index in [1.165, 1.54) is 13.3 Å². The first-order valence-corrected chi connectivity index (χ1v) is 23.1. The van der Waals surface area contributed by atoms with Crippen molar-refractivity contribution in [3.63, 3.8) is 0 Å². The highest BCUT2D eigenvalue weighted by atomic mass is 35.5. The molecule has 0 bridgehead atoms. The number of hydrogen-bond acceptors (Lipinski definition) is 9. The van der Waals surface area contributed by atoms with Gasteiger partial charge in [0.25, 0.3) is 0 Å². The molecular weight excluding hydrogens is 781 g/mol. The molecule has 348 valence electrons. The van der Waals surface area contributed by atoms with E-state index in [1.807, 2.05) is 77.2 Å². The highest BCUT2D eigenvalue weighted by Gasteiger charge is 2.53. The molecule has 1 aromatic carbocycles. The summed E-state index contributed by atoms with van der Waals surface area (Å²) in [6, 6.07) is 2.01. The molecule has 13 heteroatoms. The Balaban J connectivity index is 0.00000233. The number of amides is 1. The first kappa shape index (κ1) is 57.6. The third-order valence-corrected chi connectivity index (χ3v) is 10.1. The average molecular weight is 868 g/mol. The van der Waals surface area contributed by atoms with Crippen LogP contribution in [0.2, 0.25) is 5.02 Å². The van der Waals surface area contributed by atoms with E-state index in [0.29, 0.717) is 31.3 Å². The molecule has 2 unspecified atom stereocenters. The molecule has 0 saturated carbocycles. The lowest BCUT2D eigenvalue weighted by atomic mass is 9.73. The van der Waals surface area contributed by atoms with Crippen LogP contribution in [0.25, 0.3) is 10.9 Å². The number of aromatic nitrogens is 2. The van der Waals surface area contributed by atoms with E-state index in [1.54, 1.807) is 7.11 Å². The smallest absolute Gasteiger partial charge is 0.460 e. The summed E-state index contributed by atoms with van der Waals surface area (Å²) in [6.07, 6.45) is 10.0. The topological polar surface area (TPSA) is 111 Å². The molecule has 2 atom stereocenters. The summed E-state index contributed by atoms with van der Waals surface area (Å²) >= 11 is 7.08. The predicted molar refractivity (Wildman–Crippen MR) is 250 cm³/mol. The molecule has 0 N–H and O–H groups in total. The van der Waals surface area contributed by atoms with Crippen molar-refractivity contribution >= 4 is 47.1 Å². The van der Waals surface area contributed by atoms with Gasteiger partial charge in [-0.25, -0.2) is 9.48 Å². The van der Waals surface area contributed by atoms with Gasteiger partial charge in [-0.2, -0.15) is 5.10 Å². The molecular formula is C47H87BClN3O8. The molecule has 1 fully saturated rings. The molecule has 2 aromatic rings. The number of benzene rings is 1. The van der Waals surface area contributed by atoms with Gasteiger partial charge in [0.15, 0.2) is 0 Å². The van der Waals surface area contributed by atoms with Gasteiger partial charge < -0.3 is 33.2 Å². The lowest BCUT2D eigenvalue weighted by Gasteiger charge is -2.32. The third kappa shape index (κ3) is 19.8. The second kappa shape index (κ2) is 27.6. The molecule has 1 aliphatic rings. The standard InChI is InChI=1S/C36H61BClN3O6.C6H12O2.C3H8.C2H6/c1-12-15-19-31(43-11)41-30-22-29(38)27(32(28(30)23-39-41)37-46-35(7,8)36(9,10)47-37)18-16-17-21-44-25-26(14-3)24-40(20-13-2)33(42)45-34(4,5)6;1-5(7)8-6(2,3)4;1-3-2;1-2/h22-23,26,31H,12-21,24-25H2,1-11H3;1-4H3;3H2,1-2H3;1-2H3. The van der Waals surface area contributed by atoms with Crippen LogP contribution in [-0.2, 0) is 39.5 Å². The summed E-state index contributed by atoms with van der Waals surface area (Å²) in [5.41, 5.74) is 1.07. The number of rotatable bonds is 18. The largest absolute Gasteiger partial charge is 0.495 e. The molecule has 2 heterocycles. The molecule has 1 aliphatic heterocycles. The van der Waals surface area contributed by atoms with Gasteiger partial charge >= 0.3 is 19.2 Å². The summed E-state index contributed by atoms with van der Waals surface area (Å²) in [5.74, 6) is 0.0168. The molecule has 0 radical (unpaired) electrons. The Kier molecular flexibility index (Phi) is 26.5. The van der Waals surface area contributed by atoms with Gasteiger partial charge in [-0.3, -0.25) is 4.79 Å². The Bertz CT molecular complexity index is 1500. The fourth-order valence-corrected chi connectivity index (χ4v) is 6.61. The predicted octanol–water partition coefficient (Wildman–Crippen LogP) is 12.1. The van der Waals surface area contributed by atoms with E-state index in [4.69, 9.17) is 45.0 Å². The van der Waals surface area contributed by atoms with E-state index in [9.17, 15) is 9.59 Å². The minimum Gasteiger partial charge on any atom is -0.460 e. The van der Waals surface area contributed by atoms with E-state index in [0.717, 1.165) is 73.3 Å². The van der Waals surface area contributed by atoms with Crippen LogP contribution in [0.5, 0.6) is 0 Å². The molecule has 60 heavy (non-hydrogen) atoms.